The number of amides is 1. The number of nitrogens with zero attached hydrogens (tertiary/aromatic N) is 1. The summed E-state index contributed by atoms with van der Waals surface area (Å²) < 4.78 is 5.46. The van der Waals surface area contributed by atoms with Crippen LogP contribution in [0, 0.1) is 0 Å². The first-order valence-corrected chi connectivity index (χ1v) is 9.49. The summed E-state index contributed by atoms with van der Waals surface area (Å²) in [5.41, 5.74) is 1.28. The van der Waals surface area contributed by atoms with Gasteiger partial charge < -0.3 is 10.1 Å². The van der Waals surface area contributed by atoms with E-state index in [9.17, 15) is 4.79 Å². The number of hydrogen-bond donors (Lipinski definition) is 1. The first-order valence-electron chi connectivity index (χ1n) is 9.12. The van der Waals surface area contributed by atoms with Crippen LogP contribution in [0.25, 0.3) is 0 Å². The third kappa shape index (κ3) is 3.46. The molecule has 4 nitrogen and oxygen atoms in total. The second kappa shape index (κ2) is 7.03. The third-order valence-electron chi connectivity index (χ3n) is 5.67. The van der Waals surface area contributed by atoms with Crippen LogP contribution in [0.15, 0.2) is 24.3 Å². The van der Waals surface area contributed by atoms with E-state index in [0.717, 1.165) is 56.9 Å². The lowest BCUT2D eigenvalue weighted by Crippen LogP contribution is -2.49. The molecule has 0 radical (unpaired) electrons. The quantitative estimate of drug-likeness (QED) is 0.909. The molecule has 1 amide bonds. The van der Waals surface area contributed by atoms with Gasteiger partial charge in [-0.05, 0) is 56.3 Å². The molecule has 2 saturated heterocycles. The normalized spacial score (nSPS) is 31.1. The lowest BCUT2D eigenvalue weighted by molar-refractivity contribution is -0.127. The number of benzene rings is 1. The standard InChI is InChI=1S/C19H25ClN2O2/c20-14-5-3-13(4-6-14)16-12-17(16)21-19(23)18-2-1-9-22(18)15-7-10-24-11-8-15/h3-6,15-18H,1-2,7-12H2,(H,21,23)/t16-,17+,18?/m0/s1. The summed E-state index contributed by atoms with van der Waals surface area (Å²) >= 11 is 5.95. The topological polar surface area (TPSA) is 41.6 Å². The zero-order chi connectivity index (χ0) is 16.5. The Bertz CT molecular complexity index is 586. The fourth-order valence-corrected chi connectivity index (χ4v) is 4.36. The van der Waals surface area contributed by atoms with Crippen LogP contribution in [0.5, 0.6) is 0 Å². The highest BCUT2D eigenvalue weighted by atomic mass is 35.5. The highest BCUT2D eigenvalue weighted by Crippen LogP contribution is 2.41. The van der Waals surface area contributed by atoms with Gasteiger partial charge in [0.25, 0.3) is 0 Å². The van der Waals surface area contributed by atoms with Crippen LogP contribution < -0.4 is 5.32 Å². The first kappa shape index (κ1) is 16.4. The van der Waals surface area contributed by atoms with Crippen molar-refractivity contribution in [1.82, 2.24) is 10.2 Å². The van der Waals surface area contributed by atoms with E-state index in [0.29, 0.717) is 12.0 Å². The van der Waals surface area contributed by atoms with E-state index in [4.69, 9.17) is 16.3 Å². The van der Waals surface area contributed by atoms with E-state index >= 15 is 0 Å². The van der Waals surface area contributed by atoms with Gasteiger partial charge >= 0.3 is 0 Å². The van der Waals surface area contributed by atoms with Gasteiger partial charge in [0.2, 0.25) is 5.91 Å². The largest absolute Gasteiger partial charge is 0.381 e. The third-order valence-corrected chi connectivity index (χ3v) is 5.92. The Morgan fingerprint density at radius 2 is 1.92 bits per heavy atom. The van der Waals surface area contributed by atoms with Gasteiger partial charge in [-0.3, -0.25) is 9.69 Å². The Kier molecular flexibility index (Phi) is 4.79. The van der Waals surface area contributed by atoms with Crippen LogP contribution in [0.3, 0.4) is 0 Å². The molecule has 2 heterocycles. The fraction of sp³-hybridized carbons (Fsp3) is 0.632. The zero-order valence-corrected chi connectivity index (χ0v) is 14.7. The molecule has 3 atom stereocenters. The molecule has 3 aliphatic rings. The molecule has 1 aromatic rings. The Labute approximate surface area is 148 Å². The van der Waals surface area contributed by atoms with Gasteiger partial charge in [-0.25, -0.2) is 0 Å². The number of halogens is 1. The molecular formula is C19H25ClN2O2. The van der Waals surface area contributed by atoms with Crippen LogP contribution in [0.2, 0.25) is 5.02 Å². The minimum atomic E-state index is 0.0552. The predicted molar refractivity (Wildman–Crippen MR) is 94.3 cm³/mol. The van der Waals surface area contributed by atoms with Crippen molar-refractivity contribution < 1.29 is 9.53 Å². The molecule has 3 fully saturated rings. The maximum absolute atomic E-state index is 12.8. The van der Waals surface area contributed by atoms with Crippen molar-refractivity contribution in [2.75, 3.05) is 19.8 Å². The van der Waals surface area contributed by atoms with Crippen molar-refractivity contribution in [2.24, 2.45) is 0 Å². The van der Waals surface area contributed by atoms with Crippen molar-refractivity contribution in [3.05, 3.63) is 34.9 Å². The van der Waals surface area contributed by atoms with Crippen LogP contribution in [-0.2, 0) is 9.53 Å². The Morgan fingerprint density at radius 3 is 2.67 bits per heavy atom. The van der Waals surface area contributed by atoms with E-state index in [1.54, 1.807) is 0 Å². The molecule has 24 heavy (non-hydrogen) atoms. The summed E-state index contributed by atoms with van der Waals surface area (Å²) in [6.45, 7) is 2.71. The van der Waals surface area contributed by atoms with E-state index in [1.807, 2.05) is 12.1 Å². The number of carbonyl (C=O) groups excluding carboxylic acids is 1. The molecule has 1 unspecified atom stereocenters. The number of likely N-dealkylation sites (tertiary alicyclic amines) is 1. The molecule has 130 valence electrons. The highest BCUT2D eigenvalue weighted by Gasteiger charge is 2.42. The summed E-state index contributed by atoms with van der Waals surface area (Å²) in [5, 5.41) is 4.05. The summed E-state index contributed by atoms with van der Waals surface area (Å²) in [5.74, 6) is 0.671. The van der Waals surface area contributed by atoms with Crippen molar-refractivity contribution in [3.63, 3.8) is 0 Å². The highest BCUT2D eigenvalue weighted by molar-refractivity contribution is 6.30. The first-order chi connectivity index (χ1) is 11.7. The lowest BCUT2D eigenvalue weighted by Gasteiger charge is -2.34. The SMILES string of the molecule is O=C(N[C@@H]1C[C@H]1c1ccc(Cl)cc1)C1CCCN1C1CCOCC1. The van der Waals surface area contributed by atoms with Gasteiger partial charge in [-0.1, -0.05) is 23.7 Å². The monoisotopic (exact) mass is 348 g/mol. The van der Waals surface area contributed by atoms with Gasteiger partial charge in [0.05, 0.1) is 6.04 Å². The molecule has 1 aliphatic carbocycles. The summed E-state index contributed by atoms with van der Waals surface area (Å²) in [6.07, 6.45) is 5.26. The second-order valence-electron chi connectivity index (χ2n) is 7.25. The number of nitrogens with one attached hydrogen (secondary N) is 1. The minimum Gasteiger partial charge on any atom is -0.381 e. The lowest BCUT2D eigenvalue weighted by atomic mass is 10.1. The summed E-state index contributed by atoms with van der Waals surface area (Å²) in [4.78, 5) is 15.2. The Hall–Kier alpha value is -1.10. The van der Waals surface area contributed by atoms with E-state index in [-0.39, 0.29) is 18.0 Å². The molecule has 0 spiro atoms. The van der Waals surface area contributed by atoms with Gasteiger partial charge in [0, 0.05) is 36.2 Å². The smallest absolute Gasteiger partial charge is 0.237 e. The van der Waals surface area contributed by atoms with Crippen molar-refractivity contribution in [3.8, 4) is 0 Å². The number of hydrogen-bond acceptors (Lipinski definition) is 3. The molecule has 1 aromatic carbocycles. The van der Waals surface area contributed by atoms with Crippen LogP contribution in [0.1, 0.15) is 43.6 Å². The Morgan fingerprint density at radius 1 is 1.17 bits per heavy atom. The maximum Gasteiger partial charge on any atom is 0.237 e. The zero-order valence-electron chi connectivity index (χ0n) is 13.9. The molecule has 0 aromatic heterocycles. The van der Waals surface area contributed by atoms with Gasteiger partial charge in [-0.15, -0.1) is 0 Å². The molecule has 5 heteroatoms. The average Bonchev–Trinajstić information content (AvgIpc) is 3.19. The number of rotatable bonds is 4. The fourth-order valence-electron chi connectivity index (χ4n) is 4.24. The van der Waals surface area contributed by atoms with Gasteiger partial charge in [0.1, 0.15) is 0 Å². The Balaban J connectivity index is 1.33. The summed E-state index contributed by atoms with van der Waals surface area (Å²) in [6, 6.07) is 8.86. The van der Waals surface area contributed by atoms with Crippen molar-refractivity contribution in [2.45, 2.75) is 56.1 Å². The van der Waals surface area contributed by atoms with E-state index in [2.05, 4.69) is 22.3 Å². The molecule has 2 aliphatic heterocycles. The molecule has 0 bridgehead atoms. The van der Waals surface area contributed by atoms with Crippen LogP contribution in [-0.4, -0.2) is 48.7 Å². The summed E-state index contributed by atoms with van der Waals surface area (Å²) in [7, 11) is 0. The van der Waals surface area contributed by atoms with Crippen molar-refractivity contribution in [1.29, 1.82) is 0 Å². The number of carbonyl (C=O) groups is 1. The minimum absolute atomic E-state index is 0.0552. The van der Waals surface area contributed by atoms with Crippen LogP contribution in [0.4, 0.5) is 0 Å². The van der Waals surface area contributed by atoms with Crippen molar-refractivity contribution >= 4 is 17.5 Å². The van der Waals surface area contributed by atoms with E-state index in [1.165, 1.54) is 5.56 Å². The van der Waals surface area contributed by atoms with Crippen LogP contribution >= 0.6 is 11.6 Å². The van der Waals surface area contributed by atoms with E-state index < -0.39 is 0 Å². The second-order valence-corrected chi connectivity index (χ2v) is 7.68. The molecular weight excluding hydrogens is 324 g/mol. The average molecular weight is 349 g/mol. The predicted octanol–water partition coefficient (Wildman–Crippen LogP) is 2.96. The van der Waals surface area contributed by atoms with Gasteiger partial charge in [0.15, 0.2) is 0 Å². The molecule has 1 saturated carbocycles. The molecule has 1 N–H and O–H groups in total. The maximum atomic E-state index is 12.8. The number of ether oxygens (including phenoxy) is 1. The molecule has 4 rings (SSSR count). The van der Waals surface area contributed by atoms with Gasteiger partial charge in [-0.2, -0.15) is 0 Å².